The Balaban J connectivity index is 1.98. The standard InChI is InChI=1S/C24H40N4O4/c1-24(2,3)32-23(30)21(9-10-22(29)31-19-20-7-5-4-6-8-20)28-17-15-26-13-11-25-12-14-27-16-18-28/h4-8,21,25-27H,9-19H2,1-3H3/t21-/m1/s1. The van der Waals surface area contributed by atoms with E-state index in [9.17, 15) is 9.59 Å². The molecule has 1 fully saturated rings. The third-order valence-corrected chi connectivity index (χ3v) is 5.09. The Hall–Kier alpha value is -2.00. The highest BCUT2D eigenvalue weighted by Gasteiger charge is 2.30. The Kier molecular flexibility index (Phi) is 11.7. The van der Waals surface area contributed by atoms with Crippen molar-refractivity contribution in [3.63, 3.8) is 0 Å². The molecule has 8 heteroatoms. The Morgan fingerprint density at radius 2 is 1.50 bits per heavy atom. The molecular formula is C24H40N4O4. The minimum Gasteiger partial charge on any atom is -0.461 e. The maximum atomic E-state index is 13.1. The van der Waals surface area contributed by atoms with Crippen LogP contribution in [0.5, 0.6) is 0 Å². The van der Waals surface area contributed by atoms with Gasteiger partial charge in [-0.05, 0) is 32.8 Å². The van der Waals surface area contributed by atoms with Crippen LogP contribution >= 0.6 is 0 Å². The highest BCUT2D eigenvalue weighted by molar-refractivity contribution is 5.77. The lowest BCUT2D eigenvalue weighted by Crippen LogP contribution is -2.50. The maximum Gasteiger partial charge on any atom is 0.323 e. The molecule has 2 rings (SSSR count). The first-order valence-electron chi connectivity index (χ1n) is 11.6. The van der Waals surface area contributed by atoms with Gasteiger partial charge in [-0.3, -0.25) is 14.5 Å². The van der Waals surface area contributed by atoms with Crippen LogP contribution < -0.4 is 16.0 Å². The molecule has 0 radical (unpaired) electrons. The second-order valence-electron chi connectivity index (χ2n) is 9.02. The van der Waals surface area contributed by atoms with Crippen molar-refractivity contribution in [2.75, 3.05) is 52.4 Å². The number of carbonyl (C=O) groups excluding carboxylic acids is 2. The molecule has 1 aromatic carbocycles. The van der Waals surface area contributed by atoms with Crippen molar-refractivity contribution in [1.29, 1.82) is 0 Å². The minimum atomic E-state index is -0.585. The van der Waals surface area contributed by atoms with Crippen molar-refractivity contribution in [1.82, 2.24) is 20.9 Å². The number of hydrogen-bond donors (Lipinski definition) is 3. The van der Waals surface area contributed by atoms with Gasteiger partial charge < -0.3 is 25.4 Å². The van der Waals surface area contributed by atoms with Crippen LogP contribution in [0.1, 0.15) is 39.2 Å². The molecule has 0 aliphatic carbocycles. The van der Waals surface area contributed by atoms with E-state index in [0.717, 1.165) is 44.8 Å². The van der Waals surface area contributed by atoms with Gasteiger partial charge in [0, 0.05) is 58.8 Å². The average molecular weight is 449 g/mol. The predicted molar refractivity (Wildman–Crippen MR) is 125 cm³/mol. The molecular weight excluding hydrogens is 408 g/mol. The van der Waals surface area contributed by atoms with Crippen LogP contribution in [0.15, 0.2) is 30.3 Å². The smallest absolute Gasteiger partial charge is 0.323 e. The molecule has 1 heterocycles. The molecule has 0 amide bonds. The van der Waals surface area contributed by atoms with Gasteiger partial charge in [-0.2, -0.15) is 0 Å². The summed E-state index contributed by atoms with van der Waals surface area (Å²) in [6.07, 6.45) is 0.530. The summed E-state index contributed by atoms with van der Waals surface area (Å²) in [5, 5.41) is 10.2. The number of nitrogens with zero attached hydrogens (tertiary/aromatic N) is 1. The van der Waals surface area contributed by atoms with E-state index in [0.29, 0.717) is 19.5 Å². The minimum absolute atomic E-state index is 0.165. The molecule has 32 heavy (non-hydrogen) atoms. The number of benzene rings is 1. The highest BCUT2D eigenvalue weighted by atomic mass is 16.6. The molecule has 0 spiro atoms. The lowest BCUT2D eigenvalue weighted by atomic mass is 10.1. The lowest BCUT2D eigenvalue weighted by Gasteiger charge is -2.33. The summed E-state index contributed by atoms with van der Waals surface area (Å²) in [5.41, 5.74) is 0.358. The molecule has 180 valence electrons. The zero-order chi connectivity index (χ0) is 23.2. The zero-order valence-electron chi connectivity index (χ0n) is 19.8. The third-order valence-electron chi connectivity index (χ3n) is 5.09. The van der Waals surface area contributed by atoms with Gasteiger partial charge in [-0.15, -0.1) is 0 Å². The van der Waals surface area contributed by atoms with Crippen molar-refractivity contribution in [3.05, 3.63) is 35.9 Å². The molecule has 8 nitrogen and oxygen atoms in total. The Bertz CT molecular complexity index is 666. The van der Waals surface area contributed by atoms with Crippen LogP contribution in [0.2, 0.25) is 0 Å². The number of nitrogens with one attached hydrogen (secondary N) is 3. The average Bonchev–Trinajstić information content (AvgIpc) is 2.73. The Morgan fingerprint density at radius 1 is 0.938 bits per heavy atom. The van der Waals surface area contributed by atoms with Crippen molar-refractivity contribution in [2.45, 2.75) is 51.9 Å². The van der Waals surface area contributed by atoms with Gasteiger partial charge in [0.05, 0.1) is 0 Å². The number of carbonyl (C=O) groups is 2. The van der Waals surface area contributed by atoms with Crippen molar-refractivity contribution in [3.8, 4) is 0 Å². The summed E-state index contributed by atoms with van der Waals surface area (Å²) in [7, 11) is 0. The molecule has 1 aliphatic heterocycles. The molecule has 0 aromatic heterocycles. The van der Waals surface area contributed by atoms with Crippen molar-refractivity contribution >= 4 is 11.9 Å². The molecule has 1 aromatic rings. The molecule has 0 saturated carbocycles. The lowest BCUT2D eigenvalue weighted by molar-refractivity contribution is -0.162. The van der Waals surface area contributed by atoms with Gasteiger partial charge in [-0.25, -0.2) is 0 Å². The summed E-state index contributed by atoms with van der Waals surface area (Å²) < 4.78 is 11.1. The van der Waals surface area contributed by atoms with Crippen LogP contribution in [0.25, 0.3) is 0 Å². The Labute approximate surface area is 192 Å². The first kappa shape index (κ1) is 26.3. The van der Waals surface area contributed by atoms with Gasteiger partial charge in [0.1, 0.15) is 18.2 Å². The topological polar surface area (TPSA) is 91.9 Å². The van der Waals surface area contributed by atoms with Crippen LogP contribution in [-0.4, -0.2) is 80.8 Å². The third kappa shape index (κ3) is 11.0. The number of rotatable bonds is 7. The monoisotopic (exact) mass is 448 g/mol. The highest BCUT2D eigenvalue weighted by Crippen LogP contribution is 2.16. The van der Waals surface area contributed by atoms with E-state index in [1.54, 1.807) is 0 Å². The summed E-state index contributed by atoms with van der Waals surface area (Å²) >= 11 is 0. The molecule has 3 N–H and O–H groups in total. The molecule has 1 atom stereocenters. The number of esters is 2. The van der Waals surface area contributed by atoms with E-state index in [-0.39, 0.29) is 25.0 Å². The van der Waals surface area contributed by atoms with Crippen molar-refractivity contribution in [2.24, 2.45) is 0 Å². The number of ether oxygens (including phenoxy) is 2. The van der Waals surface area contributed by atoms with E-state index in [4.69, 9.17) is 9.47 Å². The first-order chi connectivity index (χ1) is 15.3. The summed E-state index contributed by atoms with van der Waals surface area (Å²) in [5.74, 6) is -0.596. The summed E-state index contributed by atoms with van der Waals surface area (Å²) in [6, 6.07) is 9.09. The van der Waals surface area contributed by atoms with Crippen LogP contribution in [0, 0.1) is 0 Å². The number of hydrogen-bond acceptors (Lipinski definition) is 8. The van der Waals surface area contributed by atoms with Crippen LogP contribution in [0.4, 0.5) is 0 Å². The first-order valence-corrected chi connectivity index (χ1v) is 11.6. The van der Waals surface area contributed by atoms with Gasteiger partial charge in [0.2, 0.25) is 0 Å². The predicted octanol–water partition coefficient (Wildman–Crippen LogP) is 1.30. The fourth-order valence-electron chi connectivity index (χ4n) is 3.48. The summed E-state index contributed by atoms with van der Waals surface area (Å²) in [4.78, 5) is 27.6. The van der Waals surface area contributed by atoms with Crippen LogP contribution in [-0.2, 0) is 25.7 Å². The van der Waals surface area contributed by atoms with Crippen LogP contribution in [0.3, 0.4) is 0 Å². The van der Waals surface area contributed by atoms with E-state index in [2.05, 4.69) is 20.9 Å². The van der Waals surface area contributed by atoms with Crippen molar-refractivity contribution < 1.29 is 19.1 Å². The molecule has 0 unspecified atom stereocenters. The van der Waals surface area contributed by atoms with E-state index in [1.807, 2.05) is 51.1 Å². The van der Waals surface area contributed by atoms with Gasteiger partial charge >= 0.3 is 11.9 Å². The zero-order valence-corrected chi connectivity index (χ0v) is 19.8. The SMILES string of the molecule is CC(C)(C)OC(=O)[C@@H](CCC(=O)OCc1ccccc1)N1CCNCCNCCNCC1. The quantitative estimate of drug-likeness (QED) is 0.538. The van der Waals surface area contributed by atoms with Gasteiger partial charge in [-0.1, -0.05) is 30.3 Å². The van der Waals surface area contributed by atoms with E-state index >= 15 is 0 Å². The Morgan fingerprint density at radius 3 is 2.06 bits per heavy atom. The van der Waals surface area contributed by atoms with Gasteiger partial charge in [0.25, 0.3) is 0 Å². The van der Waals surface area contributed by atoms with Gasteiger partial charge in [0.15, 0.2) is 0 Å². The fraction of sp³-hybridized carbons (Fsp3) is 0.667. The summed E-state index contributed by atoms with van der Waals surface area (Å²) in [6.45, 7) is 12.3. The van der Waals surface area contributed by atoms with E-state index in [1.165, 1.54) is 0 Å². The molecule has 1 aliphatic rings. The second kappa shape index (κ2) is 14.2. The molecule has 0 bridgehead atoms. The largest absolute Gasteiger partial charge is 0.461 e. The second-order valence-corrected chi connectivity index (χ2v) is 9.02. The maximum absolute atomic E-state index is 13.1. The van der Waals surface area contributed by atoms with E-state index < -0.39 is 11.6 Å². The normalized spacial score (nSPS) is 18.1. The molecule has 1 saturated heterocycles. The fourth-order valence-corrected chi connectivity index (χ4v) is 3.48.